The van der Waals surface area contributed by atoms with Crippen molar-refractivity contribution >= 4 is 18.3 Å². The first kappa shape index (κ1) is 19.3. The van der Waals surface area contributed by atoms with Crippen molar-refractivity contribution in [2.45, 2.75) is 76.3 Å². The minimum atomic E-state index is -0.308. The SMILES string of the molecule is Cc1ccccc1C1(C(=O)NC2CCNC(C)C2)CCCCC1.Cl. The van der Waals surface area contributed by atoms with Gasteiger partial charge in [0.15, 0.2) is 0 Å². The van der Waals surface area contributed by atoms with Crippen LogP contribution in [0, 0.1) is 6.92 Å². The van der Waals surface area contributed by atoms with Gasteiger partial charge in [-0.15, -0.1) is 12.4 Å². The molecule has 1 amide bonds. The molecule has 134 valence electrons. The van der Waals surface area contributed by atoms with E-state index in [1.54, 1.807) is 0 Å². The Morgan fingerprint density at radius 3 is 2.58 bits per heavy atom. The topological polar surface area (TPSA) is 41.1 Å². The van der Waals surface area contributed by atoms with Crippen LogP contribution in [0.25, 0.3) is 0 Å². The van der Waals surface area contributed by atoms with Gasteiger partial charge in [0.25, 0.3) is 0 Å². The third-order valence-electron chi connectivity index (χ3n) is 5.76. The van der Waals surface area contributed by atoms with Crippen LogP contribution in [0.3, 0.4) is 0 Å². The average Bonchev–Trinajstić information content (AvgIpc) is 2.56. The number of carbonyl (C=O) groups is 1. The molecule has 24 heavy (non-hydrogen) atoms. The minimum absolute atomic E-state index is 0. The van der Waals surface area contributed by atoms with E-state index in [-0.39, 0.29) is 23.7 Å². The molecule has 1 heterocycles. The van der Waals surface area contributed by atoms with E-state index in [0.29, 0.717) is 12.1 Å². The van der Waals surface area contributed by atoms with E-state index in [1.165, 1.54) is 17.5 Å². The third-order valence-corrected chi connectivity index (χ3v) is 5.76. The third kappa shape index (κ3) is 3.94. The van der Waals surface area contributed by atoms with Crippen LogP contribution in [-0.4, -0.2) is 24.5 Å². The molecule has 2 N–H and O–H groups in total. The Kier molecular flexibility index (Phi) is 6.70. The van der Waals surface area contributed by atoms with Crippen LogP contribution in [0.5, 0.6) is 0 Å². The van der Waals surface area contributed by atoms with Gasteiger partial charge in [-0.05, 0) is 57.2 Å². The number of amides is 1. The summed E-state index contributed by atoms with van der Waals surface area (Å²) in [5, 5.41) is 6.87. The molecule has 0 spiro atoms. The van der Waals surface area contributed by atoms with E-state index in [4.69, 9.17) is 0 Å². The summed E-state index contributed by atoms with van der Waals surface area (Å²) >= 11 is 0. The smallest absolute Gasteiger partial charge is 0.230 e. The van der Waals surface area contributed by atoms with Crippen molar-refractivity contribution in [3.05, 3.63) is 35.4 Å². The highest BCUT2D eigenvalue weighted by Crippen LogP contribution is 2.41. The number of aryl methyl sites for hydroxylation is 1. The van der Waals surface area contributed by atoms with Crippen molar-refractivity contribution in [1.29, 1.82) is 0 Å². The first-order valence-electron chi connectivity index (χ1n) is 9.22. The molecule has 0 radical (unpaired) electrons. The molecule has 1 aromatic rings. The Labute approximate surface area is 152 Å². The van der Waals surface area contributed by atoms with Crippen molar-refractivity contribution in [1.82, 2.24) is 10.6 Å². The largest absolute Gasteiger partial charge is 0.352 e. The number of piperidine rings is 1. The highest BCUT2D eigenvalue weighted by molar-refractivity contribution is 5.89. The molecule has 2 fully saturated rings. The first-order chi connectivity index (χ1) is 11.1. The maximum atomic E-state index is 13.3. The molecule has 0 aromatic heterocycles. The summed E-state index contributed by atoms with van der Waals surface area (Å²) in [5.41, 5.74) is 2.19. The van der Waals surface area contributed by atoms with Crippen molar-refractivity contribution in [2.75, 3.05) is 6.54 Å². The van der Waals surface area contributed by atoms with Crippen molar-refractivity contribution in [2.24, 2.45) is 0 Å². The number of benzene rings is 1. The Balaban J connectivity index is 0.00000208. The van der Waals surface area contributed by atoms with Gasteiger partial charge < -0.3 is 10.6 Å². The lowest BCUT2D eigenvalue weighted by molar-refractivity contribution is -0.129. The van der Waals surface area contributed by atoms with Crippen LogP contribution in [0.2, 0.25) is 0 Å². The first-order valence-corrected chi connectivity index (χ1v) is 9.22. The normalized spacial score (nSPS) is 26.2. The summed E-state index contributed by atoms with van der Waals surface area (Å²) in [7, 11) is 0. The standard InChI is InChI=1S/C20H30N2O.ClH/c1-15-8-4-5-9-18(15)20(11-6-3-7-12-20)19(23)22-17-10-13-21-16(2)14-17;/h4-5,8-9,16-17,21H,3,6-7,10-14H2,1-2H3,(H,22,23);1H. The Morgan fingerprint density at radius 1 is 1.21 bits per heavy atom. The number of carbonyl (C=O) groups excluding carboxylic acids is 1. The van der Waals surface area contributed by atoms with Gasteiger partial charge in [0.1, 0.15) is 0 Å². The number of hydrogen-bond acceptors (Lipinski definition) is 2. The minimum Gasteiger partial charge on any atom is -0.352 e. The Hall–Kier alpha value is -1.06. The van der Waals surface area contributed by atoms with Crippen LogP contribution < -0.4 is 10.6 Å². The summed E-state index contributed by atoms with van der Waals surface area (Å²) in [6.45, 7) is 5.35. The van der Waals surface area contributed by atoms with Crippen molar-refractivity contribution in [3.63, 3.8) is 0 Å². The van der Waals surface area contributed by atoms with E-state index in [9.17, 15) is 4.79 Å². The fourth-order valence-corrected chi connectivity index (χ4v) is 4.47. The maximum absolute atomic E-state index is 13.3. The van der Waals surface area contributed by atoms with E-state index < -0.39 is 0 Å². The molecule has 1 aliphatic carbocycles. The van der Waals surface area contributed by atoms with Crippen LogP contribution >= 0.6 is 12.4 Å². The van der Waals surface area contributed by atoms with E-state index in [0.717, 1.165) is 45.1 Å². The summed E-state index contributed by atoms with van der Waals surface area (Å²) in [4.78, 5) is 13.3. The molecular weight excluding hydrogens is 320 g/mol. The average molecular weight is 351 g/mol. The number of hydrogen-bond donors (Lipinski definition) is 2. The summed E-state index contributed by atoms with van der Waals surface area (Å²) in [5.74, 6) is 0.269. The van der Waals surface area contributed by atoms with Gasteiger partial charge in [0.05, 0.1) is 5.41 Å². The molecule has 1 aliphatic heterocycles. The number of halogens is 1. The number of nitrogens with one attached hydrogen (secondary N) is 2. The van der Waals surface area contributed by atoms with Crippen LogP contribution in [0.1, 0.15) is 63.0 Å². The lowest BCUT2D eigenvalue weighted by Gasteiger charge is -2.39. The molecule has 4 heteroatoms. The van der Waals surface area contributed by atoms with Gasteiger partial charge in [-0.1, -0.05) is 43.5 Å². The predicted molar refractivity (Wildman–Crippen MR) is 102 cm³/mol. The monoisotopic (exact) mass is 350 g/mol. The van der Waals surface area contributed by atoms with Gasteiger partial charge in [-0.3, -0.25) is 4.79 Å². The zero-order valence-electron chi connectivity index (χ0n) is 14.9. The lowest BCUT2D eigenvalue weighted by Crippen LogP contribution is -2.53. The highest BCUT2D eigenvalue weighted by atomic mass is 35.5. The van der Waals surface area contributed by atoms with Gasteiger partial charge in [0, 0.05) is 12.1 Å². The lowest BCUT2D eigenvalue weighted by atomic mass is 9.67. The predicted octanol–water partition coefficient (Wildman–Crippen LogP) is 3.88. The second-order valence-corrected chi connectivity index (χ2v) is 7.51. The zero-order chi connectivity index (χ0) is 16.3. The molecule has 1 saturated carbocycles. The molecule has 3 rings (SSSR count). The molecular formula is C20H31ClN2O. The molecule has 3 nitrogen and oxygen atoms in total. The zero-order valence-corrected chi connectivity index (χ0v) is 15.8. The highest BCUT2D eigenvalue weighted by Gasteiger charge is 2.42. The maximum Gasteiger partial charge on any atom is 0.230 e. The van der Waals surface area contributed by atoms with E-state index in [2.05, 4.69) is 48.7 Å². The van der Waals surface area contributed by atoms with Crippen LogP contribution in [0.4, 0.5) is 0 Å². The second kappa shape index (κ2) is 8.35. The molecule has 1 saturated heterocycles. The fraction of sp³-hybridized carbons (Fsp3) is 0.650. The van der Waals surface area contributed by atoms with Crippen LogP contribution in [0.15, 0.2) is 24.3 Å². The van der Waals surface area contributed by atoms with Gasteiger partial charge in [0.2, 0.25) is 5.91 Å². The van der Waals surface area contributed by atoms with Crippen molar-refractivity contribution < 1.29 is 4.79 Å². The van der Waals surface area contributed by atoms with Gasteiger partial charge >= 0.3 is 0 Å². The quantitative estimate of drug-likeness (QED) is 0.868. The molecule has 2 unspecified atom stereocenters. The fourth-order valence-electron chi connectivity index (χ4n) is 4.47. The summed E-state index contributed by atoms with van der Waals surface area (Å²) in [6.07, 6.45) is 7.63. The van der Waals surface area contributed by atoms with Crippen molar-refractivity contribution in [3.8, 4) is 0 Å². The molecule has 2 aliphatic rings. The van der Waals surface area contributed by atoms with E-state index >= 15 is 0 Å². The van der Waals surface area contributed by atoms with Gasteiger partial charge in [-0.25, -0.2) is 0 Å². The van der Waals surface area contributed by atoms with Crippen LogP contribution in [-0.2, 0) is 10.2 Å². The molecule has 0 bridgehead atoms. The summed E-state index contributed by atoms with van der Waals surface area (Å²) < 4.78 is 0. The Bertz CT molecular complexity index is 554. The number of rotatable bonds is 3. The van der Waals surface area contributed by atoms with Gasteiger partial charge in [-0.2, -0.15) is 0 Å². The molecule has 2 atom stereocenters. The van der Waals surface area contributed by atoms with E-state index in [1.807, 2.05) is 0 Å². The summed E-state index contributed by atoms with van der Waals surface area (Å²) in [6, 6.07) is 9.29. The Morgan fingerprint density at radius 2 is 1.92 bits per heavy atom. The second-order valence-electron chi connectivity index (χ2n) is 7.51. The molecule has 1 aromatic carbocycles.